The molecule has 0 aliphatic rings. The van der Waals surface area contributed by atoms with E-state index in [0.717, 1.165) is 11.1 Å². The third-order valence-corrected chi connectivity index (χ3v) is 3.68. The average Bonchev–Trinajstić information content (AvgIpc) is 3.17. The van der Waals surface area contributed by atoms with Gasteiger partial charge in [0, 0.05) is 11.1 Å². The Labute approximate surface area is 148 Å². The summed E-state index contributed by atoms with van der Waals surface area (Å²) in [6.45, 7) is 0.346. The molecule has 134 valence electrons. The molecule has 8 heteroatoms. The maximum absolute atomic E-state index is 12.5. The minimum absolute atomic E-state index is 0.104. The molecule has 0 bridgehead atoms. The number of alkyl halides is 2. The summed E-state index contributed by atoms with van der Waals surface area (Å²) in [6.07, 6.45) is -2.80. The number of aromatic nitrogens is 2. The third-order valence-electron chi connectivity index (χ3n) is 3.68. The first kappa shape index (κ1) is 17.7. The molecule has 0 saturated carbocycles. The standard InChI is InChI=1S/C18H16F2N4O2/c1-25-24(16(21)13-5-3-2-4-6-13)11-12-7-9-14(10-8-12)17-22-18(15(19)20)26-23-17/h2-10,15,21H,11H2,1H3. The van der Waals surface area contributed by atoms with Gasteiger partial charge in [0.25, 0.3) is 5.89 Å². The highest BCUT2D eigenvalue weighted by molar-refractivity contribution is 5.95. The molecule has 0 amide bonds. The lowest BCUT2D eigenvalue weighted by molar-refractivity contribution is -0.0722. The lowest BCUT2D eigenvalue weighted by Gasteiger charge is -2.22. The minimum Gasteiger partial charge on any atom is -0.333 e. The summed E-state index contributed by atoms with van der Waals surface area (Å²) in [7, 11) is 1.50. The van der Waals surface area contributed by atoms with Crippen molar-refractivity contribution < 1.29 is 18.1 Å². The second kappa shape index (κ2) is 7.83. The average molecular weight is 358 g/mol. The molecule has 0 fully saturated rings. The second-order valence-corrected chi connectivity index (χ2v) is 5.39. The molecule has 0 atom stereocenters. The quantitative estimate of drug-likeness (QED) is 0.408. The Bertz CT molecular complexity index is 866. The van der Waals surface area contributed by atoms with E-state index < -0.39 is 12.3 Å². The number of nitrogens with one attached hydrogen (secondary N) is 1. The summed E-state index contributed by atoms with van der Waals surface area (Å²) in [4.78, 5) is 8.96. The number of halogens is 2. The van der Waals surface area contributed by atoms with Crippen LogP contribution in [0, 0.1) is 5.41 Å². The van der Waals surface area contributed by atoms with Crippen molar-refractivity contribution in [3.63, 3.8) is 0 Å². The van der Waals surface area contributed by atoms with Gasteiger partial charge in [-0.3, -0.25) is 10.2 Å². The van der Waals surface area contributed by atoms with Crippen LogP contribution in [0.25, 0.3) is 11.4 Å². The van der Waals surface area contributed by atoms with Crippen LogP contribution in [-0.4, -0.2) is 28.1 Å². The highest BCUT2D eigenvalue weighted by atomic mass is 19.3. The highest BCUT2D eigenvalue weighted by Crippen LogP contribution is 2.22. The summed E-state index contributed by atoms with van der Waals surface area (Å²) < 4.78 is 29.6. The summed E-state index contributed by atoms with van der Waals surface area (Å²) in [6, 6.07) is 16.2. The van der Waals surface area contributed by atoms with E-state index in [1.807, 2.05) is 30.3 Å². The fraction of sp³-hybridized carbons (Fsp3) is 0.167. The summed E-state index contributed by atoms with van der Waals surface area (Å²) in [5.41, 5.74) is 2.16. The summed E-state index contributed by atoms with van der Waals surface area (Å²) in [5, 5.41) is 13.3. The van der Waals surface area contributed by atoms with Gasteiger partial charge < -0.3 is 4.52 Å². The molecule has 0 radical (unpaired) electrons. The lowest BCUT2D eigenvalue weighted by atomic mass is 10.1. The minimum atomic E-state index is -2.80. The van der Waals surface area contributed by atoms with Gasteiger partial charge in [0.1, 0.15) is 0 Å². The summed E-state index contributed by atoms with van der Waals surface area (Å²) in [5.74, 6) is -0.365. The molecule has 0 saturated heterocycles. The number of rotatable bonds is 6. The van der Waals surface area contributed by atoms with Crippen molar-refractivity contribution in [2.24, 2.45) is 0 Å². The molecular formula is C18H16F2N4O2. The van der Waals surface area contributed by atoms with Gasteiger partial charge in [-0.05, 0) is 5.56 Å². The smallest absolute Gasteiger partial charge is 0.315 e. The maximum atomic E-state index is 12.5. The summed E-state index contributed by atoms with van der Waals surface area (Å²) >= 11 is 0. The Morgan fingerprint density at radius 2 is 1.85 bits per heavy atom. The van der Waals surface area contributed by atoms with E-state index in [1.165, 1.54) is 12.2 Å². The van der Waals surface area contributed by atoms with E-state index in [1.54, 1.807) is 24.3 Å². The van der Waals surface area contributed by atoms with Gasteiger partial charge in [-0.25, -0.2) is 5.06 Å². The molecule has 2 aromatic carbocycles. The van der Waals surface area contributed by atoms with Crippen LogP contribution in [0.2, 0.25) is 0 Å². The molecule has 3 aromatic rings. The fourth-order valence-corrected chi connectivity index (χ4v) is 2.34. The van der Waals surface area contributed by atoms with Crippen molar-refractivity contribution in [2.45, 2.75) is 13.0 Å². The monoisotopic (exact) mass is 358 g/mol. The molecule has 1 aromatic heterocycles. The Morgan fingerprint density at radius 1 is 1.15 bits per heavy atom. The van der Waals surface area contributed by atoms with E-state index in [4.69, 9.17) is 10.2 Å². The second-order valence-electron chi connectivity index (χ2n) is 5.39. The normalized spacial score (nSPS) is 10.9. The van der Waals surface area contributed by atoms with E-state index in [9.17, 15) is 8.78 Å². The Kier molecular flexibility index (Phi) is 5.33. The molecule has 6 nitrogen and oxygen atoms in total. The topological polar surface area (TPSA) is 75.2 Å². The predicted molar refractivity (Wildman–Crippen MR) is 90.5 cm³/mol. The largest absolute Gasteiger partial charge is 0.333 e. The zero-order chi connectivity index (χ0) is 18.5. The molecule has 26 heavy (non-hydrogen) atoms. The lowest BCUT2D eigenvalue weighted by Crippen LogP contribution is -2.29. The van der Waals surface area contributed by atoms with E-state index in [2.05, 4.69) is 14.7 Å². The number of nitrogens with zero attached hydrogens (tertiary/aromatic N) is 3. The van der Waals surface area contributed by atoms with Crippen molar-refractivity contribution in [3.05, 3.63) is 71.6 Å². The number of amidine groups is 1. The van der Waals surface area contributed by atoms with Gasteiger partial charge in [-0.1, -0.05) is 59.8 Å². The fourth-order valence-electron chi connectivity index (χ4n) is 2.34. The van der Waals surface area contributed by atoms with E-state index >= 15 is 0 Å². The number of hydrogen-bond acceptors (Lipinski definition) is 5. The van der Waals surface area contributed by atoms with E-state index in [-0.39, 0.29) is 11.7 Å². The van der Waals surface area contributed by atoms with Crippen molar-refractivity contribution >= 4 is 5.84 Å². The zero-order valence-corrected chi connectivity index (χ0v) is 13.9. The van der Waals surface area contributed by atoms with Crippen LogP contribution in [0.15, 0.2) is 59.1 Å². The number of benzene rings is 2. The van der Waals surface area contributed by atoms with Crippen LogP contribution in [0.4, 0.5) is 8.78 Å². The van der Waals surface area contributed by atoms with Gasteiger partial charge in [0.05, 0.1) is 13.7 Å². The molecule has 1 heterocycles. The van der Waals surface area contributed by atoms with Gasteiger partial charge in [0.2, 0.25) is 5.82 Å². The van der Waals surface area contributed by atoms with Crippen molar-refractivity contribution in [3.8, 4) is 11.4 Å². The number of hydrogen-bond donors (Lipinski definition) is 1. The third kappa shape index (κ3) is 3.92. The Hall–Kier alpha value is -3.13. The Morgan fingerprint density at radius 3 is 2.42 bits per heavy atom. The van der Waals surface area contributed by atoms with Crippen molar-refractivity contribution in [1.82, 2.24) is 15.2 Å². The molecule has 0 aliphatic carbocycles. The first-order valence-corrected chi connectivity index (χ1v) is 7.75. The van der Waals surface area contributed by atoms with Crippen LogP contribution in [0.1, 0.15) is 23.4 Å². The van der Waals surface area contributed by atoms with Crippen LogP contribution < -0.4 is 0 Å². The molecule has 1 N–H and O–H groups in total. The van der Waals surface area contributed by atoms with Gasteiger partial charge >= 0.3 is 6.43 Å². The highest BCUT2D eigenvalue weighted by Gasteiger charge is 2.17. The molecule has 3 rings (SSSR count). The first-order valence-electron chi connectivity index (χ1n) is 7.75. The Balaban J connectivity index is 1.72. The van der Waals surface area contributed by atoms with Crippen LogP contribution >= 0.6 is 0 Å². The molecule has 0 spiro atoms. The van der Waals surface area contributed by atoms with Crippen molar-refractivity contribution in [1.29, 1.82) is 5.41 Å². The SMILES string of the molecule is CON(Cc1ccc(-c2noc(C(F)F)n2)cc1)C(=N)c1ccccc1. The van der Waals surface area contributed by atoms with Gasteiger partial charge in [-0.2, -0.15) is 13.8 Å². The first-order chi connectivity index (χ1) is 12.6. The number of hydroxylamine groups is 2. The predicted octanol–water partition coefficient (Wildman–Crippen LogP) is 4.06. The van der Waals surface area contributed by atoms with E-state index in [0.29, 0.717) is 12.1 Å². The van der Waals surface area contributed by atoms with Crippen LogP contribution in [0.3, 0.4) is 0 Å². The van der Waals surface area contributed by atoms with Gasteiger partial charge in [0.15, 0.2) is 5.84 Å². The van der Waals surface area contributed by atoms with Crippen LogP contribution in [-0.2, 0) is 11.4 Å². The van der Waals surface area contributed by atoms with Crippen LogP contribution in [0.5, 0.6) is 0 Å². The molecule has 0 aliphatic heterocycles. The maximum Gasteiger partial charge on any atom is 0.315 e. The zero-order valence-electron chi connectivity index (χ0n) is 13.9. The van der Waals surface area contributed by atoms with Gasteiger partial charge in [-0.15, -0.1) is 0 Å². The molecule has 0 unspecified atom stereocenters. The molecular weight excluding hydrogens is 342 g/mol. The van der Waals surface area contributed by atoms with Crippen molar-refractivity contribution in [2.75, 3.05) is 7.11 Å².